The van der Waals surface area contributed by atoms with Crippen LogP contribution in [0, 0.1) is 5.92 Å². The topological polar surface area (TPSA) is 23.5 Å². The molecule has 1 N–H and O–H groups in total. The van der Waals surface area contributed by atoms with E-state index >= 15 is 0 Å². The minimum absolute atomic E-state index is 0.0000205. The van der Waals surface area contributed by atoms with Gasteiger partial charge in [0.05, 0.1) is 12.6 Å². The van der Waals surface area contributed by atoms with Gasteiger partial charge in [-0.25, -0.2) is 0 Å². The minimum atomic E-state index is 0.0000205. The van der Waals surface area contributed by atoms with E-state index in [1.807, 2.05) is 12.3 Å². The maximum absolute atomic E-state index is 9.61. The van der Waals surface area contributed by atoms with Crippen molar-refractivity contribution in [3.05, 3.63) is 64.9 Å². The molecular formula is C22H28ClNO. The number of hydrogen-bond donors (Lipinski definition) is 1. The summed E-state index contributed by atoms with van der Waals surface area (Å²) < 4.78 is 0. The molecule has 25 heavy (non-hydrogen) atoms. The van der Waals surface area contributed by atoms with Crippen LogP contribution in [-0.2, 0) is 5.41 Å². The van der Waals surface area contributed by atoms with Crippen molar-refractivity contribution >= 4 is 17.3 Å². The summed E-state index contributed by atoms with van der Waals surface area (Å²) in [6.45, 7) is 6.67. The Morgan fingerprint density at radius 2 is 1.92 bits per heavy atom. The summed E-state index contributed by atoms with van der Waals surface area (Å²) in [6, 6.07) is 8.83. The molecule has 3 rings (SSSR count). The van der Waals surface area contributed by atoms with Crippen LogP contribution < -0.4 is 4.90 Å². The van der Waals surface area contributed by atoms with Gasteiger partial charge in [-0.2, -0.15) is 0 Å². The maximum Gasteiger partial charge on any atom is 0.0754 e. The van der Waals surface area contributed by atoms with Crippen LogP contribution in [0.2, 0.25) is 0 Å². The first-order chi connectivity index (χ1) is 11.9. The number of allylic oxidation sites excluding steroid dienone is 1. The maximum atomic E-state index is 9.61. The smallest absolute Gasteiger partial charge is 0.0754 e. The lowest BCUT2D eigenvalue weighted by Crippen LogP contribution is -2.40. The van der Waals surface area contributed by atoms with Crippen LogP contribution in [0.3, 0.4) is 0 Å². The zero-order chi connectivity index (χ0) is 18.0. The Labute approximate surface area is 156 Å². The second kappa shape index (κ2) is 7.39. The molecule has 1 heterocycles. The van der Waals surface area contributed by atoms with Crippen molar-refractivity contribution in [3.8, 4) is 0 Å². The number of aliphatic hydroxyl groups excluding tert-OH is 1. The Morgan fingerprint density at radius 1 is 1.20 bits per heavy atom. The first-order valence-corrected chi connectivity index (χ1v) is 9.52. The van der Waals surface area contributed by atoms with Gasteiger partial charge in [0.2, 0.25) is 0 Å². The molecule has 0 saturated carbocycles. The van der Waals surface area contributed by atoms with Gasteiger partial charge in [-0.1, -0.05) is 56.7 Å². The summed E-state index contributed by atoms with van der Waals surface area (Å²) in [7, 11) is 0. The van der Waals surface area contributed by atoms with Crippen molar-refractivity contribution < 1.29 is 5.11 Å². The van der Waals surface area contributed by atoms with Gasteiger partial charge in [-0.15, -0.1) is 0 Å². The molecule has 3 heteroatoms. The quantitative estimate of drug-likeness (QED) is 0.719. The van der Waals surface area contributed by atoms with Crippen LogP contribution in [0.1, 0.15) is 45.6 Å². The van der Waals surface area contributed by atoms with Crippen molar-refractivity contribution in [1.82, 2.24) is 0 Å². The molecule has 0 spiro atoms. The third-order valence-electron chi connectivity index (χ3n) is 5.12. The Morgan fingerprint density at radius 3 is 2.48 bits per heavy atom. The molecule has 1 aromatic rings. The molecule has 1 aliphatic heterocycles. The average Bonchev–Trinajstić information content (AvgIpc) is 2.61. The summed E-state index contributed by atoms with van der Waals surface area (Å²) in [5.41, 5.74) is 3.42. The molecular weight excluding hydrogens is 330 g/mol. The van der Waals surface area contributed by atoms with Gasteiger partial charge in [0.25, 0.3) is 0 Å². The van der Waals surface area contributed by atoms with E-state index in [2.05, 4.69) is 62.1 Å². The average molecular weight is 358 g/mol. The molecule has 0 saturated heterocycles. The Hall–Kier alpha value is -1.51. The first-order valence-electron chi connectivity index (χ1n) is 9.14. The lowest BCUT2D eigenvalue weighted by Gasteiger charge is -2.39. The van der Waals surface area contributed by atoms with E-state index in [1.165, 1.54) is 12.0 Å². The standard InChI is InChI=1S/C22H28ClNO/c1-22(2,3)18-9-11-19(12-10-18)24-14-16(15-25)13-20(23)21(24)17-7-5-4-6-8-17/h5,7,9-14,17,21,25H,4,6,8,15H2,1-3H3. The van der Waals surface area contributed by atoms with Crippen molar-refractivity contribution in [3.63, 3.8) is 0 Å². The molecule has 0 fully saturated rings. The van der Waals surface area contributed by atoms with Crippen LogP contribution in [0.25, 0.3) is 0 Å². The predicted octanol–water partition coefficient (Wildman–Crippen LogP) is 5.53. The van der Waals surface area contributed by atoms with Crippen molar-refractivity contribution in [2.45, 2.75) is 51.5 Å². The number of anilines is 1. The third kappa shape index (κ3) is 4.02. The van der Waals surface area contributed by atoms with Crippen molar-refractivity contribution in [2.75, 3.05) is 11.5 Å². The molecule has 0 bridgehead atoms. The van der Waals surface area contributed by atoms with Gasteiger partial charge in [0.1, 0.15) is 0 Å². The van der Waals surface area contributed by atoms with Crippen LogP contribution in [0.4, 0.5) is 5.69 Å². The highest BCUT2D eigenvalue weighted by Crippen LogP contribution is 2.37. The number of benzene rings is 1. The normalized spacial score (nSPS) is 24.1. The lowest BCUT2D eigenvalue weighted by molar-refractivity contribution is 0.333. The van der Waals surface area contributed by atoms with Gasteiger partial charge < -0.3 is 10.0 Å². The molecule has 1 aromatic carbocycles. The van der Waals surface area contributed by atoms with Crippen LogP contribution in [-0.4, -0.2) is 17.8 Å². The summed E-state index contributed by atoms with van der Waals surface area (Å²) in [6.07, 6.45) is 12.0. The second-order valence-electron chi connectivity index (χ2n) is 8.06. The predicted molar refractivity (Wildman–Crippen MR) is 107 cm³/mol. The van der Waals surface area contributed by atoms with E-state index in [0.29, 0.717) is 5.92 Å². The molecule has 2 nitrogen and oxygen atoms in total. The van der Waals surface area contributed by atoms with E-state index in [0.717, 1.165) is 29.1 Å². The lowest BCUT2D eigenvalue weighted by atomic mass is 9.85. The zero-order valence-corrected chi connectivity index (χ0v) is 16.1. The van der Waals surface area contributed by atoms with Crippen LogP contribution in [0.15, 0.2) is 59.3 Å². The number of hydrogen-bond acceptors (Lipinski definition) is 2. The van der Waals surface area contributed by atoms with E-state index in [9.17, 15) is 5.11 Å². The van der Waals surface area contributed by atoms with Gasteiger partial charge >= 0.3 is 0 Å². The Kier molecular flexibility index (Phi) is 5.41. The molecule has 2 atom stereocenters. The SMILES string of the molecule is CC(C)(C)c1ccc(N2C=C(CO)C=C(Cl)C2C2C=CCCC2)cc1. The largest absolute Gasteiger partial charge is 0.392 e. The van der Waals surface area contributed by atoms with Gasteiger partial charge in [0.15, 0.2) is 0 Å². The van der Waals surface area contributed by atoms with Crippen LogP contribution in [0.5, 0.6) is 0 Å². The highest BCUT2D eigenvalue weighted by molar-refractivity contribution is 6.31. The molecule has 134 valence electrons. The molecule has 0 aromatic heterocycles. The Balaban J connectivity index is 1.97. The summed E-state index contributed by atoms with van der Waals surface area (Å²) in [5, 5.41) is 10.4. The number of halogens is 1. The van der Waals surface area contributed by atoms with Crippen molar-refractivity contribution in [1.29, 1.82) is 0 Å². The van der Waals surface area contributed by atoms with E-state index in [-0.39, 0.29) is 18.1 Å². The number of nitrogens with zero attached hydrogens (tertiary/aromatic N) is 1. The first kappa shape index (κ1) is 18.3. The monoisotopic (exact) mass is 357 g/mol. The molecule has 0 radical (unpaired) electrons. The second-order valence-corrected chi connectivity index (χ2v) is 8.50. The fourth-order valence-electron chi connectivity index (χ4n) is 3.66. The fourth-order valence-corrected chi connectivity index (χ4v) is 4.07. The zero-order valence-electron chi connectivity index (χ0n) is 15.4. The third-order valence-corrected chi connectivity index (χ3v) is 5.45. The fraction of sp³-hybridized carbons (Fsp3) is 0.455. The van der Waals surface area contributed by atoms with Gasteiger partial charge in [-0.3, -0.25) is 0 Å². The Bertz CT molecular complexity index is 694. The molecule has 1 aliphatic carbocycles. The van der Waals surface area contributed by atoms with E-state index in [1.54, 1.807) is 0 Å². The number of aliphatic hydroxyl groups is 1. The molecule has 2 aliphatic rings. The molecule has 0 amide bonds. The van der Waals surface area contributed by atoms with Crippen LogP contribution >= 0.6 is 11.6 Å². The van der Waals surface area contributed by atoms with Crippen molar-refractivity contribution in [2.24, 2.45) is 5.92 Å². The summed E-state index contributed by atoms with van der Waals surface area (Å²) >= 11 is 6.67. The minimum Gasteiger partial charge on any atom is -0.392 e. The van der Waals surface area contributed by atoms with Gasteiger partial charge in [-0.05, 0) is 54.0 Å². The van der Waals surface area contributed by atoms with E-state index in [4.69, 9.17) is 11.6 Å². The highest BCUT2D eigenvalue weighted by atomic mass is 35.5. The summed E-state index contributed by atoms with van der Waals surface area (Å²) in [5.74, 6) is 0.399. The molecule has 2 unspecified atom stereocenters. The summed E-state index contributed by atoms with van der Waals surface area (Å²) in [4.78, 5) is 2.24. The number of rotatable bonds is 3. The van der Waals surface area contributed by atoms with E-state index < -0.39 is 0 Å². The van der Waals surface area contributed by atoms with Gasteiger partial charge in [0, 0.05) is 22.8 Å². The highest BCUT2D eigenvalue weighted by Gasteiger charge is 2.31.